The molecule has 0 spiro atoms. The Morgan fingerprint density at radius 1 is 1.33 bits per heavy atom. The van der Waals surface area contributed by atoms with Crippen LogP contribution in [0.25, 0.3) is 0 Å². The van der Waals surface area contributed by atoms with Gasteiger partial charge in [-0.2, -0.15) is 0 Å². The van der Waals surface area contributed by atoms with Crippen LogP contribution >= 0.6 is 0 Å². The second-order valence-corrected chi connectivity index (χ2v) is 6.16. The van der Waals surface area contributed by atoms with Crippen molar-refractivity contribution in [1.29, 1.82) is 0 Å². The van der Waals surface area contributed by atoms with Crippen molar-refractivity contribution in [3.05, 3.63) is 0 Å². The summed E-state index contributed by atoms with van der Waals surface area (Å²) in [7, 11) is 0. The van der Waals surface area contributed by atoms with Gasteiger partial charge in [0.25, 0.3) is 0 Å². The molecule has 2 unspecified atom stereocenters. The summed E-state index contributed by atoms with van der Waals surface area (Å²) in [6.07, 6.45) is 4.70. The first-order chi connectivity index (χ1) is 7.02. The van der Waals surface area contributed by atoms with E-state index in [-0.39, 0.29) is 6.67 Å². The van der Waals surface area contributed by atoms with Crippen LogP contribution in [0.15, 0.2) is 0 Å². The van der Waals surface area contributed by atoms with Gasteiger partial charge in [-0.25, -0.2) is 0 Å². The van der Waals surface area contributed by atoms with Crippen LogP contribution in [0.2, 0.25) is 0 Å². The monoisotopic (exact) mass is 213 g/mol. The van der Waals surface area contributed by atoms with E-state index in [1.165, 1.54) is 19.3 Å². The molecule has 3 atom stereocenters. The van der Waals surface area contributed by atoms with E-state index in [1.54, 1.807) is 0 Å². The third-order valence-electron chi connectivity index (χ3n) is 5.50. The molecule has 0 aromatic carbocycles. The number of alkyl halides is 1. The van der Waals surface area contributed by atoms with Crippen LogP contribution in [-0.4, -0.2) is 19.3 Å². The molecule has 0 aromatic rings. The lowest BCUT2D eigenvalue weighted by molar-refractivity contribution is 0.121. The molecule has 1 nitrogen and oxygen atoms in total. The number of hydrogen-bond donors (Lipinski definition) is 1. The number of fused-ring (bicyclic) bond motifs is 2. The second kappa shape index (κ2) is 3.73. The molecule has 15 heavy (non-hydrogen) atoms. The fraction of sp³-hybridized carbons (Fsp3) is 1.00. The van der Waals surface area contributed by atoms with Gasteiger partial charge in [0.15, 0.2) is 0 Å². The number of hydrogen-bond acceptors (Lipinski definition) is 1. The first-order valence-electron chi connectivity index (χ1n) is 6.32. The van der Waals surface area contributed by atoms with Gasteiger partial charge in [-0.1, -0.05) is 20.8 Å². The van der Waals surface area contributed by atoms with Gasteiger partial charge >= 0.3 is 0 Å². The Labute approximate surface area is 92.8 Å². The van der Waals surface area contributed by atoms with Gasteiger partial charge < -0.3 is 5.32 Å². The van der Waals surface area contributed by atoms with E-state index in [0.29, 0.717) is 23.3 Å². The van der Waals surface area contributed by atoms with Crippen molar-refractivity contribution in [3.63, 3.8) is 0 Å². The maximum Gasteiger partial charge on any atom is 0.0906 e. The summed E-state index contributed by atoms with van der Waals surface area (Å²) in [5.74, 6) is 0.880. The van der Waals surface area contributed by atoms with Crippen molar-refractivity contribution in [1.82, 2.24) is 5.32 Å². The molecule has 2 saturated carbocycles. The lowest BCUT2D eigenvalue weighted by Gasteiger charge is -2.39. The maximum atomic E-state index is 12.1. The highest BCUT2D eigenvalue weighted by molar-refractivity contribution is 5.12. The van der Waals surface area contributed by atoms with Crippen LogP contribution in [0.1, 0.15) is 46.5 Å². The van der Waals surface area contributed by atoms with Crippen molar-refractivity contribution in [2.24, 2.45) is 16.7 Å². The van der Waals surface area contributed by atoms with Crippen molar-refractivity contribution in [2.45, 2.75) is 52.5 Å². The zero-order chi connectivity index (χ0) is 11.1. The van der Waals surface area contributed by atoms with E-state index in [0.717, 1.165) is 12.5 Å². The summed E-state index contributed by atoms with van der Waals surface area (Å²) in [6, 6.07) is 0.623. The summed E-state index contributed by atoms with van der Waals surface area (Å²) in [6.45, 7) is 7.92. The number of nitrogens with one attached hydrogen (secondary N) is 1. The zero-order valence-corrected chi connectivity index (χ0v) is 10.3. The van der Waals surface area contributed by atoms with Crippen molar-refractivity contribution in [2.75, 3.05) is 13.2 Å². The van der Waals surface area contributed by atoms with Crippen LogP contribution in [0, 0.1) is 16.7 Å². The predicted molar refractivity (Wildman–Crippen MR) is 61.6 cm³/mol. The Morgan fingerprint density at radius 2 is 2.07 bits per heavy atom. The minimum absolute atomic E-state index is 0.191. The Bertz CT molecular complexity index is 239. The minimum Gasteiger partial charge on any atom is -0.313 e. The molecule has 2 rings (SSSR count). The van der Waals surface area contributed by atoms with Crippen LogP contribution in [0.3, 0.4) is 0 Å². The minimum atomic E-state index is -0.191. The van der Waals surface area contributed by atoms with Gasteiger partial charge in [0.05, 0.1) is 6.67 Å². The molecule has 0 heterocycles. The summed E-state index contributed by atoms with van der Waals surface area (Å²) in [5, 5.41) is 3.57. The Balaban J connectivity index is 1.99. The summed E-state index contributed by atoms with van der Waals surface area (Å²) in [5.41, 5.74) is 0.911. The second-order valence-electron chi connectivity index (χ2n) is 6.16. The average Bonchev–Trinajstić information content (AvgIpc) is 2.51. The molecule has 1 N–H and O–H groups in total. The van der Waals surface area contributed by atoms with Crippen LogP contribution in [0.5, 0.6) is 0 Å². The standard InChI is InChI=1S/C13H24FN/c1-12(2)10-5-6-13(12,3)11(9-10)15-8-4-7-14/h10-11,15H,4-9H2,1-3H3/t10?,11?,13-/m0/s1. The Kier molecular flexibility index (Phi) is 2.83. The highest BCUT2D eigenvalue weighted by Crippen LogP contribution is 2.65. The molecule has 88 valence electrons. The third kappa shape index (κ3) is 1.52. The van der Waals surface area contributed by atoms with Gasteiger partial charge in [-0.05, 0) is 49.0 Å². The normalized spacial score (nSPS) is 42.4. The molecule has 2 aliphatic rings. The van der Waals surface area contributed by atoms with E-state index in [9.17, 15) is 4.39 Å². The molecular weight excluding hydrogens is 189 g/mol. The quantitative estimate of drug-likeness (QED) is 0.707. The van der Waals surface area contributed by atoms with E-state index < -0.39 is 0 Å². The number of halogens is 1. The fourth-order valence-electron chi connectivity index (χ4n) is 3.86. The summed E-state index contributed by atoms with van der Waals surface area (Å²) in [4.78, 5) is 0. The lowest BCUT2D eigenvalue weighted by Crippen LogP contribution is -2.44. The summed E-state index contributed by atoms with van der Waals surface area (Å²) >= 11 is 0. The molecule has 0 aromatic heterocycles. The van der Waals surface area contributed by atoms with Gasteiger partial charge in [-0.3, -0.25) is 4.39 Å². The highest BCUT2D eigenvalue weighted by atomic mass is 19.1. The van der Waals surface area contributed by atoms with Crippen molar-refractivity contribution in [3.8, 4) is 0 Å². The molecule has 2 heteroatoms. The first kappa shape index (κ1) is 11.4. The molecule has 0 radical (unpaired) electrons. The van der Waals surface area contributed by atoms with Crippen molar-refractivity contribution < 1.29 is 4.39 Å². The highest BCUT2D eigenvalue weighted by Gasteiger charge is 2.60. The van der Waals surface area contributed by atoms with Crippen molar-refractivity contribution >= 4 is 0 Å². The average molecular weight is 213 g/mol. The molecule has 2 aliphatic carbocycles. The van der Waals surface area contributed by atoms with Crippen LogP contribution in [-0.2, 0) is 0 Å². The van der Waals surface area contributed by atoms with Gasteiger partial charge in [0, 0.05) is 6.04 Å². The molecule has 2 bridgehead atoms. The first-order valence-corrected chi connectivity index (χ1v) is 6.32. The Morgan fingerprint density at radius 3 is 2.53 bits per heavy atom. The topological polar surface area (TPSA) is 12.0 Å². The van der Waals surface area contributed by atoms with E-state index in [4.69, 9.17) is 0 Å². The lowest BCUT2D eigenvalue weighted by atomic mass is 9.69. The molecule has 0 saturated heterocycles. The largest absolute Gasteiger partial charge is 0.313 e. The summed E-state index contributed by atoms with van der Waals surface area (Å²) < 4.78 is 12.1. The van der Waals surface area contributed by atoms with E-state index in [1.807, 2.05) is 0 Å². The smallest absolute Gasteiger partial charge is 0.0906 e. The maximum absolute atomic E-state index is 12.1. The SMILES string of the molecule is CC1(C)C2CC[C@@]1(C)C(NCCCF)C2. The van der Waals surface area contributed by atoms with Crippen LogP contribution < -0.4 is 5.32 Å². The van der Waals surface area contributed by atoms with Gasteiger partial charge in [-0.15, -0.1) is 0 Å². The molecule has 2 fully saturated rings. The molecule has 0 amide bonds. The van der Waals surface area contributed by atoms with Crippen LogP contribution in [0.4, 0.5) is 4.39 Å². The number of rotatable bonds is 4. The third-order valence-corrected chi connectivity index (χ3v) is 5.50. The molecular formula is C13H24FN. The van der Waals surface area contributed by atoms with E-state index in [2.05, 4.69) is 26.1 Å². The zero-order valence-electron chi connectivity index (χ0n) is 10.3. The molecule has 0 aliphatic heterocycles. The fourth-order valence-corrected chi connectivity index (χ4v) is 3.86. The Hall–Kier alpha value is -0.110. The predicted octanol–water partition coefficient (Wildman–Crippen LogP) is 3.15. The van der Waals surface area contributed by atoms with Gasteiger partial charge in [0.1, 0.15) is 0 Å². The van der Waals surface area contributed by atoms with Gasteiger partial charge in [0.2, 0.25) is 0 Å². The van der Waals surface area contributed by atoms with E-state index >= 15 is 0 Å².